The lowest BCUT2D eigenvalue weighted by Crippen LogP contribution is -2.45. The molecule has 0 saturated heterocycles. The van der Waals surface area contributed by atoms with E-state index in [9.17, 15) is 9.59 Å². The van der Waals surface area contributed by atoms with E-state index in [1.807, 2.05) is 59.2 Å². The summed E-state index contributed by atoms with van der Waals surface area (Å²) in [5, 5.41) is 3.99. The van der Waals surface area contributed by atoms with Gasteiger partial charge in [-0.15, -0.1) is 0 Å². The molecule has 7 nitrogen and oxygen atoms in total. The first-order valence-electron chi connectivity index (χ1n) is 12.4. The van der Waals surface area contributed by atoms with Crippen molar-refractivity contribution in [2.75, 3.05) is 26.2 Å². The number of ether oxygens (including phenoxy) is 1. The van der Waals surface area contributed by atoms with Gasteiger partial charge in [-0.1, -0.05) is 47.6 Å². The van der Waals surface area contributed by atoms with Crippen LogP contribution < -0.4 is 4.74 Å². The normalized spacial score (nSPS) is 17.5. The Morgan fingerprint density at radius 3 is 2.51 bits per heavy atom. The zero-order valence-corrected chi connectivity index (χ0v) is 20.5. The molecule has 184 valence electrons. The molecule has 0 saturated carbocycles. The molecule has 0 aliphatic carbocycles. The fourth-order valence-electron chi connectivity index (χ4n) is 4.50. The largest absolute Gasteiger partial charge is 0.491 e. The Labute approximate surface area is 206 Å². The molecule has 1 aromatic heterocycles. The van der Waals surface area contributed by atoms with E-state index in [1.165, 1.54) is 0 Å². The van der Waals surface area contributed by atoms with Crippen molar-refractivity contribution >= 4 is 11.8 Å². The summed E-state index contributed by atoms with van der Waals surface area (Å²) in [4.78, 5) is 30.6. The molecule has 35 heavy (non-hydrogen) atoms. The van der Waals surface area contributed by atoms with Crippen molar-refractivity contribution in [3.63, 3.8) is 0 Å². The number of aromatic nitrogens is 1. The first-order valence-corrected chi connectivity index (χ1v) is 12.4. The molecule has 4 rings (SSSR count). The molecule has 0 unspecified atom stereocenters. The highest BCUT2D eigenvalue weighted by molar-refractivity contribution is 5.97. The molecule has 3 aromatic rings. The van der Waals surface area contributed by atoms with Crippen LogP contribution in [0.25, 0.3) is 0 Å². The lowest BCUT2D eigenvalue weighted by molar-refractivity contribution is 0.0595. The van der Waals surface area contributed by atoms with Gasteiger partial charge in [-0.25, -0.2) is 0 Å². The average Bonchev–Trinajstić information content (AvgIpc) is 3.32. The lowest BCUT2D eigenvalue weighted by Gasteiger charge is -2.31. The number of carbonyl (C=O) groups excluding carboxylic acids is 2. The van der Waals surface area contributed by atoms with Crippen LogP contribution in [0.2, 0.25) is 0 Å². The van der Waals surface area contributed by atoms with Gasteiger partial charge in [0, 0.05) is 25.7 Å². The lowest BCUT2D eigenvalue weighted by atomic mass is 10.0. The molecule has 2 heterocycles. The van der Waals surface area contributed by atoms with Crippen molar-refractivity contribution in [3.8, 4) is 5.75 Å². The van der Waals surface area contributed by atoms with Crippen LogP contribution >= 0.6 is 0 Å². The van der Waals surface area contributed by atoms with E-state index < -0.39 is 0 Å². The van der Waals surface area contributed by atoms with Crippen LogP contribution in [-0.4, -0.2) is 59.1 Å². The molecule has 1 atom stereocenters. The fraction of sp³-hybridized carbons (Fsp3) is 0.393. The van der Waals surface area contributed by atoms with Crippen LogP contribution in [0.3, 0.4) is 0 Å². The zero-order chi connectivity index (χ0) is 24.6. The second-order valence-electron chi connectivity index (χ2n) is 8.92. The Hall–Kier alpha value is -3.61. The van der Waals surface area contributed by atoms with Crippen LogP contribution in [0.4, 0.5) is 0 Å². The van der Waals surface area contributed by atoms with Crippen molar-refractivity contribution in [2.45, 2.75) is 45.6 Å². The Bertz CT molecular complexity index is 1130. The molecule has 7 heteroatoms. The van der Waals surface area contributed by atoms with Gasteiger partial charge in [0.2, 0.25) is 0 Å². The Morgan fingerprint density at radius 1 is 1.03 bits per heavy atom. The monoisotopic (exact) mass is 475 g/mol. The van der Waals surface area contributed by atoms with Gasteiger partial charge in [-0.2, -0.15) is 0 Å². The number of hydrogen-bond donors (Lipinski definition) is 0. The van der Waals surface area contributed by atoms with E-state index >= 15 is 0 Å². The number of benzene rings is 2. The summed E-state index contributed by atoms with van der Waals surface area (Å²) in [6.45, 7) is 5.92. The van der Waals surface area contributed by atoms with Gasteiger partial charge < -0.3 is 19.1 Å². The average molecular weight is 476 g/mol. The minimum atomic E-state index is -0.243. The summed E-state index contributed by atoms with van der Waals surface area (Å²) in [6.07, 6.45) is 3.23. The smallest absolute Gasteiger partial charge is 0.276 e. The number of amides is 2. The standard InChI is InChI=1S/C28H33N3O4/c1-3-30-16-10-5-11-17-31(28(33)25-18-21(2)35-29-25)23(19-22-12-6-4-7-13-22)20-34-26-15-9-8-14-24(26)27(30)32/h4,6-9,12-15,18,23H,3,5,10-11,16-17,19-20H2,1-2H3/t23-/m1/s1. The maximum absolute atomic E-state index is 13.6. The predicted molar refractivity (Wildman–Crippen MR) is 134 cm³/mol. The Morgan fingerprint density at radius 2 is 1.77 bits per heavy atom. The highest BCUT2D eigenvalue weighted by Crippen LogP contribution is 2.23. The topological polar surface area (TPSA) is 75.9 Å². The SMILES string of the molecule is CCN1CCCCCN(C(=O)c2cc(C)on2)[C@H](Cc2ccccc2)COc2ccccc2C1=O. The van der Waals surface area contributed by atoms with Gasteiger partial charge in [0.05, 0.1) is 11.6 Å². The maximum atomic E-state index is 13.6. The predicted octanol–water partition coefficient (Wildman–Crippen LogP) is 4.76. The summed E-state index contributed by atoms with van der Waals surface area (Å²) in [6, 6.07) is 18.9. The van der Waals surface area contributed by atoms with Crippen LogP contribution in [0.1, 0.15) is 58.4 Å². The molecule has 0 fully saturated rings. The van der Waals surface area contributed by atoms with Crippen LogP contribution in [0, 0.1) is 6.92 Å². The molecule has 0 radical (unpaired) electrons. The Kier molecular flexibility index (Phi) is 8.19. The van der Waals surface area contributed by atoms with Gasteiger partial charge in [0.25, 0.3) is 11.8 Å². The van der Waals surface area contributed by atoms with Gasteiger partial charge in [-0.3, -0.25) is 9.59 Å². The summed E-state index contributed by atoms with van der Waals surface area (Å²) in [5.41, 5.74) is 1.97. The third-order valence-electron chi connectivity index (χ3n) is 6.41. The molecule has 2 aromatic carbocycles. The minimum Gasteiger partial charge on any atom is -0.491 e. The van der Waals surface area contributed by atoms with Crippen LogP contribution in [-0.2, 0) is 6.42 Å². The van der Waals surface area contributed by atoms with Crippen molar-refractivity contribution in [2.24, 2.45) is 0 Å². The van der Waals surface area contributed by atoms with E-state index in [0.29, 0.717) is 48.8 Å². The molecule has 0 spiro atoms. The van der Waals surface area contributed by atoms with Crippen molar-refractivity contribution in [1.82, 2.24) is 15.0 Å². The third kappa shape index (κ3) is 6.10. The third-order valence-corrected chi connectivity index (χ3v) is 6.41. The number of aryl methyl sites for hydroxylation is 1. The number of nitrogens with zero attached hydrogens (tertiary/aromatic N) is 3. The summed E-state index contributed by atoms with van der Waals surface area (Å²) >= 11 is 0. The number of fused-ring (bicyclic) bond motifs is 1. The van der Waals surface area contributed by atoms with Crippen molar-refractivity contribution in [3.05, 3.63) is 83.2 Å². The van der Waals surface area contributed by atoms with Gasteiger partial charge in [0.1, 0.15) is 18.1 Å². The molecular weight excluding hydrogens is 442 g/mol. The molecule has 2 amide bonds. The number of rotatable bonds is 4. The molecule has 1 aliphatic rings. The molecule has 0 bridgehead atoms. The Balaban J connectivity index is 1.68. The van der Waals surface area contributed by atoms with E-state index in [4.69, 9.17) is 9.26 Å². The highest BCUT2D eigenvalue weighted by atomic mass is 16.5. The number of hydrogen-bond acceptors (Lipinski definition) is 5. The van der Waals surface area contributed by atoms with E-state index in [1.54, 1.807) is 13.0 Å². The van der Waals surface area contributed by atoms with Gasteiger partial charge in [0.15, 0.2) is 5.69 Å². The van der Waals surface area contributed by atoms with E-state index in [2.05, 4.69) is 17.3 Å². The van der Waals surface area contributed by atoms with E-state index in [0.717, 1.165) is 24.8 Å². The highest BCUT2D eigenvalue weighted by Gasteiger charge is 2.29. The second kappa shape index (κ2) is 11.7. The molecule has 1 aliphatic heterocycles. The fourth-order valence-corrected chi connectivity index (χ4v) is 4.50. The van der Waals surface area contributed by atoms with Gasteiger partial charge in [-0.05, 0) is 57.2 Å². The summed E-state index contributed by atoms with van der Waals surface area (Å²) in [5.74, 6) is 0.953. The number of carbonyl (C=O) groups is 2. The molecule has 0 N–H and O–H groups in total. The van der Waals surface area contributed by atoms with E-state index in [-0.39, 0.29) is 24.5 Å². The zero-order valence-electron chi connectivity index (χ0n) is 20.5. The first kappa shape index (κ1) is 24.5. The maximum Gasteiger partial charge on any atom is 0.276 e. The first-order chi connectivity index (χ1) is 17.1. The van der Waals surface area contributed by atoms with Crippen LogP contribution in [0.5, 0.6) is 5.75 Å². The summed E-state index contributed by atoms with van der Waals surface area (Å²) < 4.78 is 11.5. The minimum absolute atomic E-state index is 0.0204. The van der Waals surface area contributed by atoms with Crippen molar-refractivity contribution < 1.29 is 18.8 Å². The van der Waals surface area contributed by atoms with Gasteiger partial charge >= 0.3 is 0 Å². The number of para-hydroxylation sites is 1. The van der Waals surface area contributed by atoms with Crippen molar-refractivity contribution in [1.29, 1.82) is 0 Å². The quantitative estimate of drug-likeness (QED) is 0.544. The second-order valence-corrected chi connectivity index (χ2v) is 8.92. The summed E-state index contributed by atoms with van der Waals surface area (Å²) in [7, 11) is 0. The molecular formula is C28H33N3O4. The van der Waals surface area contributed by atoms with Crippen LogP contribution in [0.15, 0.2) is 65.2 Å².